The Kier molecular flexibility index (Phi) is 4.71. The van der Waals surface area contributed by atoms with Gasteiger partial charge in [-0.05, 0) is 12.1 Å². The molecule has 1 aromatic heterocycles. The van der Waals surface area contributed by atoms with E-state index in [0.717, 1.165) is 25.3 Å². The van der Waals surface area contributed by atoms with E-state index in [1.54, 1.807) is 25.6 Å². The van der Waals surface area contributed by atoms with Crippen LogP contribution in [0.1, 0.15) is 17.4 Å². The molecule has 0 aliphatic carbocycles. The highest BCUT2D eigenvalue weighted by Crippen LogP contribution is 2.25. The highest BCUT2D eigenvalue weighted by Gasteiger charge is 2.30. The normalized spacial score (nSPS) is 16.0. The number of nitrogens with zero attached hydrogens (tertiary/aromatic N) is 4. The molecule has 0 atom stereocenters. The summed E-state index contributed by atoms with van der Waals surface area (Å²) >= 11 is 5.77. The third-order valence-corrected chi connectivity index (χ3v) is 4.15. The fraction of sp³-hybridized carbons (Fsp3) is 0.467. The molecule has 1 fully saturated rings. The zero-order chi connectivity index (χ0) is 15.5. The van der Waals surface area contributed by atoms with E-state index in [1.807, 2.05) is 0 Å². The molecule has 0 amide bonds. The van der Waals surface area contributed by atoms with Crippen molar-refractivity contribution in [2.75, 3.05) is 26.8 Å². The highest BCUT2D eigenvalue weighted by atomic mass is 35.5. The maximum absolute atomic E-state index is 13.8. The highest BCUT2D eigenvalue weighted by molar-refractivity contribution is 6.30. The van der Waals surface area contributed by atoms with Crippen LogP contribution in [0.5, 0.6) is 0 Å². The molecule has 0 bridgehead atoms. The number of ether oxygens (including phenoxy) is 1. The van der Waals surface area contributed by atoms with Crippen LogP contribution >= 0.6 is 11.6 Å². The Morgan fingerprint density at radius 3 is 2.95 bits per heavy atom. The van der Waals surface area contributed by atoms with Crippen LogP contribution in [0.3, 0.4) is 0 Å². The SMILES string of the molecule is COCCc1nncn1C1CN(Cc2ccc(Cl)cc2F)C1. The summed E-state index contributed by atoms with van der Waals surface area (Å²) in [5.41, 5.74) is 0.672. The summed E-state index contributed by atoms with van der Waals surface area (Å²) in [6.45, 7) is 2.94. The summed E-state index contributed by atoms with van der Waals surface area (Å²) in [5, 5.41) is 8.53. The van der Waals surface area contributed by atoms with Crippen molar-refractivity contribution in [2.45, 2.75) is 19.0 Å². The van der Waals surface area contributed by atoms with Crippen molar-refractivity contribution in [1.82, 2.24) is 19.7 Å². The number of aromatic nitrogens is 3. The summed E-state index contributed by atoms with van der Waals surface area (Å²) in [6, 6.07) is 5.17. The van der Waals surface area contributed by atoms with Crippen molar-refractivity contribution in [1.29, 1.82) is 0 Å². The second kappa shape index (κ2) is 6.73. The molecule has 2 aromatic rings. The molecule has 118 valence electrons. The fourth-order valence-corrected chi connectivity index (χ4v) is 2.84. The lowest BCUT2D eigenvalue weighted by Gasteiger charge is -2.40. The third-order valence-electron chi connectivity index (χ3n) is 3.92. The predicted octanol–water partition coefficient (Wildman–Crippen LogP) is 2.32. The molecule has 0 radical (unpaired) electrons. The largest absolute Gasteiger partial charge is 0.384 e. The molecule has 0 N–H and O–H groups in total. The molecule has 1 aromatic carbocycles. The lowest BCUT2D eigenvalue weighted by molar-refractivity contribution is 0.0944. The van der Waals surface area contributed by atoms with Crippen LogP contribution in [0, 0.1) is 5.82 Å². The molecule has 1 aliphatic rings. The molecule has 1 saturated heterocycles. The first-order valence-electron chi connectivity index (χ1n) is 7.21. The molecule has 0 saturated carbocycles. The van der Waals surface area contributed by atoms with Crippen molar-refractivity contribution < 1.29 is 9.13 Å². The quantitative estimate of drug-likeness (QED) is 0.818. The Balaban J connectivity index is 1.57. The summed E-state index contributed by atoms with van der Waals surface area (Å²) in [4.78, 5) is 2.19. The smallest absolute Gasteiger partial charge is 0.135 e. The lowest BCUT2D eigenvalue weighted by atomic mass is 10.1. The number of halogens is 2. The second-order valence-corrected chi connectivity index (χ2v) is 5.92. The van der Waals surface area contributed by atoms with Crippen LogP contribution in [0.4, 0.5) is 4.39 Å². The van der Waals surface area contributed by atoms with Gasteiger partial charge in [-0.25, -0.2) is 4.39 Å². The van der Waals surface area contributed by atoms with Crippen molar-refractivity contribution >= 4 is 11.6 Å². The van der Waals surface area contributed by atoms with Crippen LogP contribution < -0.4 is 0 Å². The van der Waals surface area contributed by atoms with Gasteiger partial charge in [0.15, 0.2) is 0 Å². The van der Waals surface area contributed by atoms with Gasteiger partial charge in [0.05, 0.1) is 12.6 Å². The summed E-state index contributed by atoms with van der Waals surface area (Å²) < 4.78 is 21.0. The van der Waals surface area contributed by atoms with E-state index in [4.69, 9.17) is 16.3 Å². The number of hydrogen-bond donors (Lipinski definition) is 0. The molecule has 3 rings (SSSR count). The maximum Gasteiger partial charge on any atom is 0.135 e. The van der Waals surface area contributed by atoms with Crippen molar-refractivity contribution in [3.05, 3.63) is 46.8 Å². The van der Waals surface area contributed by atoms with Gasteiger partial charge >= 0.3 is 0 Å². The Bertz CT molecular complexity index is 642. The minimum atomic E-state index is -0.249. The number of methoxy groups -OCH3 is 1. The first kappa shape index (κ1) is 15.4. The predicted molar refractivity (Wildman–Crippen MR) is 81.3 cm³/mol. The molecule has 0 spiro atoms. The van der Waals surface area contributed by atoms with E-state index in [0.29, 0.717) is 29.8 Å². The van der Waals surface area contributed by atoms with Crippen LogP contribution in [0.15, 0.2) is 24.5 Å². The summed E-state index contributed by atoms with van der Waals surface area (Å²) in [7, 11) is 1.67. The topological polar surface area (TPSA) is 43.2 Å². The first-order chi connectivity index (χ1) is 10.7. The number of benzene rings is 1. The van der Waals surface area contributed by atoms with Gasteiger partial charge in [0.2, 0.25) is 0 Å². The van der Waals surface area contributed by atoms with Gasteiger partial charge in [-0.15, -0.1) is 10.2 Å². The minimum Gasteiger partial charge on any atom is -0.384 e. The van der Waals surface area contributed by atoms with Gasteiger partial charge in [0, 0.05) is 43.8 Å². The standard InChI is InChI=1S/C15H18ClFN4O/c1-22-5-4-15-19-18-10-21(15)13-8-20(9-13)7-11-2-3-12(16)6-14(11)17/h2-3,6,10,13H,4-5,7-9H2,1H3. The minimum absolute atomic E-state index is 0.249. The summed E-state index contributed by atoms with van der Waals surface area (Å²) in [6.07, 6.45) is 2.51. The lowest BCUT2D eigenvalue weighted by Crippen LogP contribution is -2.47. The van der Waals surface area contributed by atoms with E-state index >= 15 is 0 Å². The van der Waals surface area contributed by atoms with E-state index in [1.165, 1.54) is 6.07 Å². The first-order valence-corrected chi connectivity index (χ1v) is 7.58. The van der Waals surface area contributed by atoms with E-state index < -0.39 is 0 Å². The third kappa shape index (κ3) is 3.29. The molecule has 5 nitrogen and oxygen atoms in total. The Labute approximate surface area is 133 Å². The number of hydrogen-bond acceptors (Lipinski definition) is 4. The Morgan fingerprint density at radius 2 is 2.23 bits per heavy atom. The average Bonchev–Trinajstić information content (AvgIpc) is 2.90. The average molecular weight is 325 g/mol. The molecular formula is C15H18ClFN4O. The van der Waals surface area contributed by atoms with E-state index in [-0.39, 0.29) is 5.82 Å². The van der Waals surface area contributed by atoms with Gasteiger partial charge in [-0.2, -0.15) is 0 Å². The Hall–Kier alpha value is -1.50. The van der Waals surface area contributed by atoms with Crippen molar-refractivity contribution in [2.24, 2.45) is 0 Å². The molecule has 22 heavy (non-hydrogen) atoms. The van der Waals surface area contributed by atoms with E-state index in [9.17, 15) is 4.39 Å². The van der Waals surface area contributed by atoms with Crippen LogP contribution in [0.2, 0.25) is 5.02 Å². The number of rotatable bonds is 6. The van der Waals surface area contributed by atoms with Gasteiger partial charge in [-0.1, -0.05) is 17.7 Å². The van der Waals surface area contributed by atoms with E-state index in [2.05, 4.69) is 19.7 Å². The maximum atomic E-state index is 13.8. The van der Waals surface area contributed by atoms with Crippen LogP contribution in [-0.4, -0.2) is 46.5 Å². The zero-order valence-electron chi connectivity index (χ0n) is 12.4. The summed E-state index contributed by atoms with van der Waals surface area (Å²) in [5.74, 6) is 0.685. The molecule has 0 unspecified atom stereocenters. The zero-order valence-corrected chi connectivity index (χ0v) is 13.1. The fourth-order valence-electron chi connectivity index (χ4n) is 2.68. The van der Waals surface area contributed by atoms with Crippen molar-refractivity contribution in [3.8, 4) is 0 Å². The van der Waals surface area contributed by atoms with Gasteiger partial charge in [0.25, 0.3) is 0 Å². The van der Waals surface area contributed by atoms with Crippen molar-refractivity contribution in [3.63, 3.8) is 0 Å². The van der Waals surface area contributed by atoms with Crippen LogP contribution in [0.25, 0.3) is 0 Å². The number of likely N-dealkylation sites (tertiary alicyclic amines) is 1. The molecule has 1 aliphatic heterocycles. The van der Waals surface area contributed by atoms with Crippen LogP contribution in [-0.2, 0) is 17.7 Å². The molecular weight excluding hydrogens is 307 g/mol. The Morgan fingerprint density at radius 1 is 1.41 bits per heavy atom. The van der Waals surface area contributed by atoms with Gasteiger partial charge in [0.1, 0.15) is 18.0 Å². The van der Waals surface area contributed by atoms with Gasteiger partial charge < -0.3 is 9.30 Å². The van der Waals surface area contributed by atoms with Gasteiger partial charge in [-0.3, -0.25) is 4.90 Å². The molecule has 2 heterocycles. The molecule has 7 heteroatoms. The monoisotopic (exact) mass is 324 g/mol. The second-order valence-electron chi connectivity index (χ2n) is 5.48.